The zero-order valence-corrected chi connectivity index (χ0v) is 16.3. The summed E-state index contributed by atoms with van der Waals surface area (Å²) >= 11 is 0. The molecule has 0 heterocycles. The maximum absolute atomic E-state index is 12.7. The molecule has 5 nitrogen and oxygen atoms in total. The summed E-state index contributed by atoms with van der Waals surface area (Å²) in [6.07, 6.45) is 0. The van der Waals surface area contributed by atoms with Crippen LogP contribution in [0.1, 0.15) is 27.0 Å². The molecule has 0 amide bonds. The minimum absolute atomic E-state index is 0.0194. The monoisotopic (exact) mass is 393 g/mol. The molecular weight excluding hydrogens is 374 g/mol. The molecule has 0 bridgehead atoms. The number of ether oxygens (including phenoxy) is 1. The molecule has 0 fully saturated rings. The molecule has 3 aromatic carbocycles. The van der Waals surface area contributed by atoms with Crippen molar-refractivity contribution in [1.29, 1.82) is 0 Å². The molecule has 3 rings (SSSR count). The van der Waals surface area contributed by atoms with E-state index in [4.69, 9.17) is 4.74 Å². The molecule has 0 atom stereocenters. The summed E-state index contributed by atoms with van der Waals surface area (Å²) < 4.78 is 34.5. The molecule has 0 N–H and O–H groups in total. The fourth-order valence-corrected chi connectivity index (χ4v) is 3.38. The van der Waals surface area contributed by atoms with E-state index in [1.165, 1.54) is 12.1 Å². The van der Waals surface area contributed by atoms with Crippen molar-refractivity contribution in [3.05, 3.63) is 101 Å². The van der Waals surface area contributed by atoms with Gasteiger partial charge in [-0.2, -0.15) is 8.42 Å². The zero-order chi connectivity index (χ0) is 20.1. The van der Waals surface area contributed by atoms with Gasteiger partial charge in [-0.3, -0.25) is 0 Å². The van der Waals surface area contributed by atoms with Crippen molar-refractivity contribution in [2.45, 2.75) is 18.7 Å². The normalized spacial score (nSPS) is 11.9. The lowest BCUT2D eigenvalue weighted by Gasteiger charge is -2.09. The van der Waals surface area contributed by atoms with Gasteiger partial charge < -0.3 is 4.74 Å². The van der Waals surface area contributed by atoms with Crippen LogP contribution in [0.25, 0.3) is 0 Å². The van der Waals surface area contributed by atoms with Crippen LogP contribution in [-0.2, 0) is 14.8 Å². The van der Waals surface area contributed by atoms with Crippen molar-refractivity contribution in [2.75, 3.05) is 0 Å². The first-order valence-electron chi connectivity index (χ1n) is 8.61. The molecule has 142 valence electrons. The summed E-state index contributed by atoms with van der Waals surface area (Å²) in [6.45, 7) is 3.81. The average Bonchev–Trinajstić information content (AvgIpc) is 2.69. The molecule has 28 heavy (non-hydrogen) atoms. The zero-order valence-electron chi connectivity index (χ0n) is 15.5. The second kappa shape index (κ2) is 8.19. The van der Waals surface area contributed by atoms with Gasteiger partial charge in [-0.25, -0.2) is 4.79 Å². The van der Waals surface area contributed by atoms with E-state index in [9.17, 15) is 13.2 Å². The maximum atomic E-state index is 12.7. The number of sulfonamides is 1. The van der Waals surface area contributed by atoms with Gasteiger partial charge in [-0.15, -0.1) is 4.40 Å². The summed E-state index contributed by atoms with van der Waals surface area (Å²) in [6, 6.07) is 21.5. The standard InChI is InChI=1S/C22H19NO4S/c1-16-8-12-18(13-9-16)21(23-28(25,26)20-6-4-3-5-7-20)27-22(24)19-14-10-17(2)11-15-19/h3-15H,1-2H3. The SMILES string of the molecule is Cc1ccc(C(=O)OC(=NS(=O)(=O)c2ccccc2)c2ccc(C)cc2)cc1. The summed E-state index contributed by atoms with van der Waals surface area (Å²) in [5.74, 6) is -0.947. The third-order valence-electron chi connectivity index (χ3n) is 4.02. The minimum atomic E-state index is -4.04. The first-order chi connectivity index (χ1) is 13.3. The molecule has 0 saturated heterocycles. The summed E-state index contributed by atoms with van der Waals surface area (Å²) in [7, 11) is -4.04. The van der Waals surface area contributed by atoms with Gasteiger partial charge in [0.25, 0.3) is 10.0 Å². The highest BCUT2D eigenvalue weighted by Crippen LogP contribution is 2.16. The third kappa shape index (κ3) is 4.72. The van der Waals surface area contributed by atoms with E-state index >= 15 is 0 Å². The van der Waals surface area contributed by atoms with Crippen LogP contribution in [0.15, 0.2) is 88.2 Å². The number of rotatable bonds is 4. The number of nitrogens with zero attached hydrogens (tertiary/aromatic N) is 1. The van der Waals surface area contributed by atoms with Gasteiger partial charge in [0.1, 0.15) is 0 Å². The Hall–Kier alpha value is -3.25. The van der Waals surface area contributed by atoms with Crippen LogP contribution in [0.4, 0.5) is 0 Å². The Labute approximate surface area is 164 Å². The molecule has 0 aliphatic heterocycles. The van der Waals surface area contributed by atoms with Crippen LogP contribution in [0.3, 0.4) is 0 Å². The topological polar surface area (TPSA) is 72.8 Å². The third-order valence-corrected chi connectivity index (χ3v) is 5.29. The molecule has 0 aliphatic rings. The van der Waals surface area contributed by atoms with E-state index in [2.05, 4.69) is 4.40 Å². The first kappa shape index (κ1) is 19.5. The summed E-state index contributed by atoms with van der Waals surface area (Å²) in [4.78, 5) is 12.6. The summed E-state index contributed by atoms with van der Waals surface area (Å²) in [5.41, 5.74) is 2.68. The molecule has 6 heteroatoms. The van der Waals surface area contributed by atoms with Crippen LogP contribution < -0.4 is 0 Å². The smallest absolute Gasteiger partial charge is 0.344 e. The maximum Gasteiger partial charge on any atom is 0.344 e. The van der Waals surface area contributed by atoms with Crippen LogP contribution in [0.2, 0.25) is 0 Å². The van der Waals surface area contributed by atoms with E-state index in [0.717, 1.165) is 11.1 Å². The number of hydrogen-bond donors (Lipinski definition) is 0. The lowest BCUT2D eigenvalue weighted by atomic mass is 10.1. The molecule has 0 radical (unpaired) electrons. The number of esters is 1. The van der Waals surface area contributed by atoms with Gasteiger partial charge in [0.2, 0.25) is 5.90 Å². The van der Waals surface area contributed by atoms with Crippen molar-refractivity contribution >= 4 is 21.9 Å². The Morgan fingerprint density at radius 2 is 1.25 bits per heavy atom. The number of carbonyl (C=O) groups excluding carboxylic acids is 1. The molecule has 0 aliphatic carbocycles. The van der Waals surface area contributed by atoms with E-state index in [0.29, 0.717) is 11.1 Å². The first-order valence-corrected chi connectivity index (χ1v) is 10.0. The molecule has 0 unspecified atom stereocenters. The highest BCUT2D eigenvalue weighted by atomic mass is 32.2. The van der Waals surface area contributed by atoms with Crippen LogP contribution in [-0.4, -0.2) is 20.3 Å². The van der Waals surface area contributed by atoms with Gasteiger partial charge in [0.05, 0.1) is 10.5 Å². The van der Waals surface area contributed by atoms with Crippen LogP contribution >= 0.6 is 0 Å². The van der Waals surface area contributed by atoms with Gasteiger partial charge >= 0.3 is 5.97 Å². The molecule has 0 saturated carbocycles. The fraction of sp³-hybridized carbons (Fsp3) is 0.0909. The molecular formula is C22H19NO4S. The lowest BCUT2D eigenvalue weighted by molar-refractivity contribution is 0.0718. The van der Waals surface area contributed by atoms with Crippen molar-refractivity contribution < 1.29 is 17.9 Å². The van der Waals surface area contributed by atoms with Crippen LogP contribution in [0.5, 0.6) is 0 Å². The van der Waals surface area contributed by atoms with E-state index in [1.54, 1.807) is 66.7 Å². The molecule has 0 spiro atoms. The van der Waals surface area contributed by atoms with Crippen LogP contribution in [0, 0.1) is 13.8 Å². The number of hydrogen-bond acceptors (Lipinski definition) is 4. The summed E-state index contributed by atoms with van der Waals surface area (Å²) in [5, 5.41) is 0. The predicted molar refractivity (Wildman–Crippen MR) is 108 cm³/mol. The molecule has 0 aromatic heterocycles. The fourth-order valence-electron chi connectivity index (χ4n) is 2.42. The largest absolute Gasteiger partial charge is 0.402 e. The lowest BCUT2D eigenvalue weighted by Crippen LogP contribution is -2.16. The second-order valence-electron chi connectivity index (χ2n) is 6.31. The average molecular weight is 393 g/mol. The van der Waals surface area contributed by atoms with Crippen molar-refractivity contribution in [2.24, 2.45) is 4.40 Å². The highest BCUT2D eigenvalue weighted by molar-refractivity contribution is 7.90. The quantitative estimate of drug-likeness (QED) is 0.376. The number of benzene rings is 3. The Kier molecular flexibility index (Phi) is 5.70. The van der Waals surface area contributed by atoms with E-state index < -0.39 is 16.0 Å². The minimum Gasteiger partial charge on any atom is -0.402 e. The Morgan fingerprint density at radius 3 is 1.79 bits per heavy atom. The van der Waals surface area contributed by atoms with Crippen molar-refractivity contribution in [1.82, 2.24) is 0 Å². The Morgan fingerprint density at radius 1 is 0.750 bits per heavy atom. The van der Waals surface area contributed by atoms with Crippen molar-refractivity contribution in [3.63, 3.8) is 0 Å². The van der Waals surface area contributed by atoms with Gasteiger partial charge in [0, 0.05) is 5.56 Å². The van der Waals surface area contributed by atoms with Gasteiger partial charge in [-0.1, -0.05) is 53.6 Å². The van der Waals surface area contributed by atoms with E-state index in [-0.39, 0.29) is 10.8 Å². The Bertz CT molecular complexity index is 1100. The number of aryl methyl sites for hydroxylation is 2. The second-order valence-corrected chi connectivity index (χ2v) is 7.91. The molecule has 3 aromatic rings. The van der Waals surface area contributed by atoms with E-state index in [1.807, 2.05) is 13.8 Å². The van der Waals surface area contributed by atoms with Crippen molar-refractivity contribution in [3.8, 4) is 0 Å². The Balaban J connectivity index is 2.01. The predicted octanol–water partition coefficient (Wildman–Crippen LogP) is 4.30. The highest BCUT2D eigenvalue weighted by Gasteiger charge is 2.19. The van der Waals surface area contributed by atoms with Gasteiger partial charge in [0.15, 0.2) is 0 Å². The number of carbonyl (C=O) groups is 1. The van der Waals surface area contributed by atoms with Gasteiger partial charge in [-0.05, 0) is 50.2 Å².